The molecule has 3 aromatic rings. The van der Waals surface area contributed by atoms with Gasteiger partial charge in [-0.3, -0.25) is 0 Å². The van der Waals surface area contributed by atoms with Crippen molar-refractivity contribution in [2.24, 2.45) is 0 Å². The molecule has 1 aliphatic heterocycles. The maximum Gasteiger partial charge on any atom is 0.123 e. The van der Waals surface area contributed by atoms with Gasteiger partial charge >= 0.3 is 0 Å². The molecular formula is C21H22N2OS. The number of benzene rings is 2. The van der Waals surface area contributed by atoms with Crippen molar-refractivity contribution in [3.05, 3.63) is 71.2 Å². The van der Waals surface area contributed by atoms with Crippen molar-refractivity contribution in [2.75, 3.05) is 13.2 Å². The van der Waals surface area contributed by atoms with Gasteiger partial charge in [-0.2, -0.15) is 0 Å². The molecule has 1 atom stereocenters. The third-order valence-electron chi connectivity index (χ3n) is 4.49. The summed E-state index contributed by atoms with van der Waals surface area (Å²) in [4.78, 5) is 5.87. The summed E-state index contributed by atoms with van der Waals surface area (Å²) in [6, 6.07) is 19.3. The van der Waals surface area contributed by atoms with Gasteiger partial charge in [0.2, 0.25) is 0 Å². The molecular weight excluding hydrogens is 328 g/mol. The third kappa shape index (κ3) is 4.27. The SMILES string of the molecule is c1ccc(Cc2cnc(-c3ccc(OC[C@H]4CCCN4)cc3)s2)cc1. The molecule has 128 valence electrons. The van der Waals surface area contributed by atoms with Crippen LogP contribution in [0, 0.1) is 0 Å². The number of aromatic nitrogens is 1. The fraction of sp³-hybridized carbons (Fsp3) is 0.286. The van der Waals surface area contributed by atoms with Gasteiger partial charge in [0.1, 0.15) is 17.4 Å². The highest BCUT2D eigenvalue weighted by atomic mass is 32.1. The highest BCUT2D eigenvalue weighted by molar-refractivity contribution is 7.15. The molecule has 0 aliphatic carbocycles. The molecule has 25 heavy (non-hydrogen) atoms. The normalized spacial score (nSPS) is 16.9. The van der Waals surface area contributed by atoms with E-state index in [2.05, 4.69) is 46.7 Å². The third-order valence-corrected chi connectivity index (χ3v) is 5.54. The van der Waals surface area contributed by atoms with Gasteiger partial charge in [0, 0.05) is 29.1 Å². The van der Waals surface area contributed by atoms with Crippen molar-refractivity contribution in [3.8, 4) is 16.3 Å². The van der Waals surface area contributed by atoms with Crippen molar-refractivity contribution < 1.29 is 4.74 Å². The number of rotatable bonds is 6. The van der Waals surface area contributed by atoms with Crippen LogP contribution in [0.25, 0.3) is 10.6 Å². The Balaban J connectivity index is 1.38. The first-order chi connectivity index (χ1) is 12.4. The minimum atomic E-state index is 0.499. The van der Waals surface area contributed by atoms with E-state index in [4.69, 9.17) is 4.74 Å². The molecule has 0 unspecified atom stereocenters. The molecule has 3 nitrogen and oxygen atoms in total. The topological polar surface area (TPSA) is 34.1 Å². The minimum absolute atomic E-state index is 0.499. The number of hydrogen-bond acceptors (Lipinski definition) is 4. The van der Waals surface area contributed by atoms with Crippen LogP contribution in [0.4, 0.5) is 0 Å². The fourth-order valence-corrected chi connectivity index (χ4v) is 4.06. The van der Waals surface area contributed by atoms with E-state index in [9.17, 15) is 0 Å². The summed E-state index contributed by atoms with van der Waals surface area (Å²) >= 11 is 1.76. The molecule has 0 saturated carbocycles. The summed E-state index contributed by atoms with van der Waals surface area (Å²) in [7, 11) is 0. The molecule has 1 N–H and O–H groups in total. The molecule has 0 radical (unpaired) electrons. The zero-order chi connectivity index (χ0) is 16.9. The molecule has 4 rings (SSSR count). The summed E-state index contributed by atoms with van der Waals surface area (Å²) in [5.74, 6) is 0.929. The van der Waals surface area contributed by atoms with Crippen LogP contribution in [0.2, 0.25) is 0 Å². The zero-order valence-electron chi connectivity index (χ0n) is 14.2. The second-order valence-corrected chi connectivity index (χ2v) is 7.54. The quantitative estimate of drug-likeness (QED) is 0.709. The van der Waals surface area contributed by atoms with Crippen molar-refractivity contribution >= 4 is 11.3 Å². The maximum atomic E-state index is 5.89. The first kappa shape index (κ1) is 16.3. The molecule has 0 amide bonds. The molecule has 0 spiro atoms. The van der Waals surface area contributed by atoms with Crippen LogP contribution in [0.1, 0.15) is 23.3 Å². The summed E-state index contributed by atoms with van der Waals surface area (Å²) in [5.41, 5.74) is 2.47. The van der Waals surface area contributed by atoms with Crippen LogP contribution in [-0.4, -0.2) is 24.2 Å². The lowest BCUT2D eigenvalue weighted by Crippen LogP contribution is -2.28. The molecule has 4 heteroatoms. The summed E-state index contributed by atoms with van der Waals surface area (Å²) in [6.45, 7) is 1.86. The van der Waals surface area contributed by atoms with Gasteiger partial charge in [0.05, 0.1) is 0 Å². The van der Waals surface area contributed by atoms with E-state index < -0.39 is 0 Å². The highest BCUT2D eigenvalue weighted by Gasteiger charge is 2.14. The monoisotopic (exact) mass is 350 g/mol. The molecule has 0 bridgehead atoms. The van der Waals surface area contributed by atoms with E-state index in [-0.39, 0.29) is 0 Å². The molecule has 2 aromatic carbocycles. The van der Waals surface area contributed by atoms with Crippen molar-refractivity contribution in [1.82, 2.24) is 10.3 Å². The fourth-order valence-electron chi connectivity index (χ4n) is 3.11. The Morgan fingerprint density at radius 1 is 1.08 bits per heavy atom. The van der Waals surface area contributed by atoms with Crippen LogP contribution < -0.4 is 10.1 Å². The number of nitrogens with zero attached hydrogens (tertiary/aromatic N) is 1. The van der Waals surface area contributed by atoms with E-state index >= 15 is 0 Å². The zero-order valence-corrected chi connectivity index (χ0v) is 15.0. The Morgan fingerprint density at radius 2 is 1.92 bits per heavy atom. The first-order valence-electron chi connectivity index (χ1n) is 8.82. The van der Waals surface area contributed by atoms with E-state index in [0.717, 1.165) is 35.9 Å². The van der Waals surface area contributed by atoms with Gasteiger partial charge in [-0.15, -0.1) is 11.3 Å². The summed E-state index contributed by atoms with van der Waals surface area (Å²) in [5, 5.41) is 4.52. The Morgan fingerprint density at radius 3 is 2.68 bits per heavy atom. The van der Waals surface area contributed by atoms with Gasteiger partial charge in [-0.25, -0.2) is 4.98 Å². The summed E-state index contributed by atoms with van der Waals surface area (Å²) in [6.07, 6.45) is 5.39. The van der Waals surface area contributed by atoms with Gasteiger partial charge < -0.3 is 10.1 Å². The Bertz CT molecular complexity index is 792. The Hall–Kier alpha value is -2.17. The first-order valence-corrected chi connectivity index (χ1v) is 9.64. The van der Waals surface area contributed by atoms with Crippen LogP contribution in [0.3, 0.4) is 0 Å². The minimum Gasteiger partial charge on any atom is -0.492 e. The average Bonchev–Trinajstić information content (AvgIpc) is 3.33. The molecule has 2 heterocycles. The Kier molecular flexibility index (Phi) is 5.09. The lowest BCUT2D eigenvalue weighted by Gasteiger charge is -2.12. The average molecular weight is 350 g/mol. The predicted octanol–water partition coefficient (Wildman–Crippen LogP) is 4.53. The van der Waals surface area contributed by atoms with Crippen molar-refractivity contribution in [2.45, 2.75) is 25.3 Å². The molecule has 1 fully saturated rings. The van der Waals surface area contributed by atoms with Gasteiger partial charge in [-0.1, -0.05) is 30.3 Å². The van der Waals surface area contributed by atoms with Crippen molar-refractivity contribution in [1.29, 1.82) is 0 Å². The van der Waals surface area contributed by atoms with Gasteiger partial charge in [0.15, 0.2) is 0 Å². The maximum absolute atomic E-state index is 5.89. The smallest absolute Gasteiger partial charge is 0.123 e. The molecule has 1 aliphatic rings. The van der Waals surface area contributed by atoms with E-state index in [1.165, 1.54) is 23.3 Å². The van der Waals surface area contributed by atoms with Crippen LogP contribution >= 0.6 is 11.3 Å². The van der Waals surface area contributed by atoms with Gasteiger partial charge in [0.25, 0.3) is 0 Å². The summed E-state index contributed by atoms with van der Waals surface area (Å²) < 4.78 is 5.89. The Labute approximate surface area is 152 Å². The van der Waals surface area contributed by atoms with E-state index in [1.54, 1.807) is 11.3 Å². The number of ether oxygens (including phenoxy) is 1. The number of hydrogen-bond donors (Lipinski definition) is 1. The molecule has 1 aromatic heterocycles. The van der Waals surface area contributed by atoms with Crippen LogP contribution in [0.5, 0.6) is 5.75 Å². The van der Waals surface area contributed by atoms with E-state index in [0.29, 0.717) is 6.04 Å². The number of thiazole rings is 1. The van der Waals surface area contributed by atoms with Gasteiger partial charge in [-0.05, 0) is 49.2 Å². The highest BCUT2D eigenvalue weighted by Crippen LogP contribution is 2.28. The second-order valence-electron chi connectivity index (χ2n) is 6.42. The van der Waals surface area contributed by atoms with E-state index in [1.807, 2.05) is 24.4 Å². The lowest BCUT2D eigenvalue weighted by atomic mass is 10.1. The van der Waals surface area contributed by atoms with Crippen LogP contribution in [0.15, 0.2) is 60.8 Å². The van der Waals surface area contributed by atoms with Crippen molar-refractivity contribution in [3.63, 3.8) is 0 Å². The van der Waals surface area contributed by atoms with Crippen LogP contribution in [-0.2, 0) is 6.42 Å². The largest absolute Gasteiger partial charge is 0.492 e. The predicted molar refractivity (Wildman–Crippen MR) is 103 cm³/mol. The lowest BCUT2D eigenvalue weighted by molar-refractivity contribution is 0.277. The second kappa shape index (κ2) is 7.81. The molecule has 1 saturated heterocycles. The number of nitrogens with one attached hydrogen (secondary N) is 1. The standard InChI is InChI=1S/C21H22N2OS/c1-2-5-16(6-3-1)13-20-14-23-21(25-20)17-8-10-19(11-9-17)24-15-18-7-4-12-22-18/h1-3,5-6,8-11,14,18,22H,4,7,12-13,15H2/t18-/m1/s1.